The monoisotopic (exact) mass is 228 g/mol. The van der Waals surface area contributed by atoms with Gasteiger partial charge >= 0.3 is 5.97 Å². The molecule has 0 rings (SSSR count). The van der Waals surface area contributed by atoms with Crippen LogP contribution in [0, 0.1) is 0 Å². The van der Waals surface area contributed by atoms with E-state index in [0.717, 1.165) is 37.0 Å². The molecule has 0 aliphatic heterocycles. The van der Waals surface area contributed by atoms with Crippen LogP contribution in [0.15, 0.2) is 12.2 Å². The summed E-state index contributed by atoms with van der Waals surface area (Å²) in [6.45, 7) is 12.2. The van der Waals surface area contributed by atoms with Gasteiger partial charge in [0.25, 0.3) is 0 Å². The van der Waals surface area contributed by atoms with Crippen molar-refractivity contribution in [2.24, 2.45) is 0 Å². The van der Waals surface area contributed by atoms with Crippen LogP contribution in [0.25, 0.3) is 0 Å². The molecule has 0 aromatic rings. The minimum atomic E-state index is -0.850. The van der Waals surface area contributed by atoms with Crippen LogP contribution in [0.2, 0.25) is 0 Å². The van der Waals surface area contributed by atoms with Gasteiger partial charge in [-0.05, 0) is 27.2 Å². The zero-order valence-corrected chi connectivity index (χ0v) is 11.1. The first kappa shape index (κ1) is 15.2. The van der Waals surface area contributed by atoms with Crippen LogP contribution in [0.1, 0.15) is 40.5 Å². The average molecular weight is 228 g/mol. The Morgan fingerprint density at radius 2 is 1.69 bits per heavy atom. The Kier molecular flexibility index (Phi) is 7.06. The zero-order valence-electron chi connectivity index (χ0n) is 11.1. The Labute approximate surface area is 99.4 Å². The van der Waals surface area contributed by atoms with Gasteiger partial charge in [-0.15, -0.1) is 0 Å². The third-order valence-corrected chi connectivity index (χ3v) is 3.80. The van der Waals surface area contributed by atoms with Crippen molar-refractivity contribution in [1.29, 1.82) is 0 Å². The Morgan fingerprint density at radius 1 is 1.19 bits per heavy atom. The van der Waals surface area contributed by atoms with E-state index >= 15 is 0 Å². The standard InChI is InChI=1S/C13H25NO2/c1-5-12(10-9-11-13(15)16)14(6-2,7-3)8-4/h9,11-12H,5-8,10H2,1-4H3/p+1/b11-9+. The average Bonchev–Trinajstić information content (AvgIpc) is 2.29. The number of hydrogen-bond donors (Lipinski definition) is 1. The van der Waals surface area contributed by atoms with Gasteiger partial charge in [-0.2, -0.15) is 0 Å². The Bertz CT molecular complexity index is 224. The molecular formula is C13H26NO2+. The molecule has 0 fully saturated rings. The molecule has 0 radical (unpaired) electrons. The summed E-state index contributed by atoms with van der Waals surface area (Å²) in [5, 5.41) is 8.58. The van der Waals surface area contributed by atoms with E-state index in [1.54, 1.807) is 6.08 Å². The molecule has 0 aromatic carbocycles. The molecule has 0 spiro atoms. The Balaban J connectivity index is 4.61. The minimum absolute atomic E-state index is 0.538. The van der Waals surface area contributed by atoms with Crippen LogP contribution in [-0.4, -0.2) is 41.2 Å². The van der Waals surface area contributed by atoms with Gasteiger partial charge in [0.1, 0.15) is 0 Å². The number of rotatable bonds is 8. The molecule has 1 N–H and O–H groups in total. The second kappa shape index (κ2) is 7.44. The van der Waals surface area contributed by atoms with E-state index in [4.69, 9.17) is 5.11 Å². The molecule has 3 nitrogen and oxygen atoms in total. The molecule has 3 heteroatoms. The summed E-state index contributed by atoms with van der Waals surface area (Å²) < 4.78 is 1.08. The van der Waals surface area contributed by atoms with Crippen molar-refractivity contribution in [2.75, 3.05) is 19.6 Å². The van der Waals surface area contributed by atoms with Crippen LogP contribution < -0.4 is 0 Å². The largest absolute Gasteiger partial charge is 0.478 e. The summed E-state index contributed by atoms with van der Waals surface area (Å²) in [6.07, 6.45) is 5.01. The smallest absolute Gasteiger partial charge is 0.327 e. The van der Waals surface area contributed by atoms with Gasteiger partial charge in [0.05, 0.1) is 25.7 Å². The molecule has 0 amide bonds. The quantitative estimate of drug-likeness (QED) is 0.512. The molecule has 0 aliphatic carbocycles. The maximum Gasteiger partial charge on any atom is 0.327 e. The molecule has 0 heterocycles. The highest BCUT2D eigenvalue weighted by Gasteiger charge is 2.29. The second-order valence-electron chi connectivity index (χ2n) is 4.21. The molecule has 94 valence electrons. The summed E-state index contributed by atoms with van der Waals surface area (Å²) in [5.41, 5.74) is 0. The fourth-order valence-electron chi connectivity index (χ4n) is 2.55. The molecule has 0 saturated heterocycles. The van der Waals surface area contributed by atoms with Gasteiger partial charge in [0.15, 0.2) is 0 Å². The predicted octanol–water partition coefficient (Wildman–Crippen LogP) is 2.67. The number of quaternary nitrogens is 1. The van der Waals surface area contributed by atoms with E-state index < -0.39 is 5.97 Å². The number of carboxylic acids is 1. The number of nitrogens with zero attached hydrogens (tertiary/aromatic N) is 1. The fraction of sp³-hybridized carbons (Fsp3) is 0.769. The lowest BCUT2D eigenvalue weighted by Crippen LogP contribution is -2.54. The van der Waals surface area contributed by atoms with E-state index in [1.165, 1.54) is 6.08 Å². The fourth-order valence-corrected chi connectivity index (χ4v) is 2.55. The highest BCUT2D eigenvalue weighted by atomic mass is 16.4. The van der Waals surface area contributed by atoms with Crippen LogP contribution in [-0.2, 0) is 4.79 Å². The lowest BCUT2D eigenvalue weighted by Gasteiger charge is -2.42. The van der Waals surface area contributed by atoms with E-state index in [-0.39, 0.29) is 0 Å². The van der Waals surface area contributed by atoms with Crippen molar-refractivity contribution in [2.45, 2.75) is 46.6 Å². The number of carboxylic acid groups (broad SMARTS) is 1. The van der Waals surface area contributed by atoms with E-state index in [9.17, 15) is 4.79 Å². The molecule has 0 bridgehead atoms. The second-order valence-corrected chi connectivity index (χ2v) is 4.21. The highest BCUT2D eigenvalue weighted by Crippen LogP contribution is 2.19. The zero-order chi connectivity index (χ0) is 12.6. The predicted molar refractivity (Wildman–Crippen MR) is 67.4 cm³/mol. The highest BCUT2D eigenvalue weighted by molar-refractivity contribution is 5.79. The van der Waals surface area contributed by atoms with E-state index in [1.807, 2.05) is 0 Å². The van der Waals surface area contributed by atoms with Gasteiger partial charge in [-0.1, -0.05) is 13.0 Å². The Morgan fingerprint density at radius 3 is 2.00 bits per heavy atom. The lowest BCUT2D eigenvalue weighted by molar-refractivity contribution is -0.946. The van der Waals surface area contributed by atoms with Crippen molar-refractivity contribution in [3.8, 4) is 0 Å². The molecule has 1 atom stereocenters. The molecular weight excluding hydrogens is 202 g/mol. The summed E-state index contributed by atoms with van der Waals surface area (Å²) in [5.74, 6) is -0.850. The summed E-state index contributed by atoms with van der Waals surface area (Å²) in [6, 6.07) is 0.538. The summed E-state index contributed by atoms with van der Waals surface area (Å²) in [7, 11) is 0. The van der Waals surface area contributed by atoms with Crippen LogP contribution in [0.5, 0.6) is 0 Å². The summed E-state index contributed by atoms with van der Waals surface area (Å²) >= 11 is 0. The third kappa shape index (κ3) is 3.97. The Hall–Kier alpha value is -0.830. The maximum atomic E-state index is 10.4. The van der Waals surface area contributed by atoms with Gasteiger partial charge in [-0.3, -0.25) is 0 Å². The van der Waals surface area contributed by atoms with Crippen molar-refractivity contribution in [1.82, 2.24) is 0 Å². The van der Waals surface area contributed by atoms with Crippen LogP contribution in [0.3, 0.4) is 0 Å². The molecule has 0 aromatic heterocycles. The van der Waals surface area contributed by atoms with Crippen molar-refractivity contribution < 1.29 is 14.4 Å². The number of carbonyl (C=O) groups is 1. The third-order valence-electron chi connectivity index (χ3n) is 3.80. The van der Waals surface area contributed by atoms with E-state index in [0.29, 0.717) is 6.04 Å². The molecule has 16 heavy (non-hydrogen) atoms. The SMILES string of the molecule is CCC(C/C=C/C(=O)O)[N+](CC)(CC)CC. The first-order valence-electron chi connectivity index (χ1n) is 6.31. The van der Waals surface area contributed by atoms with Crippen molar-refractivity contribution >= 4 is 5.97 Å². The van der Waals surface area contributed by atoms with Gasteiger partial charge in [-0.25, -0.2) is 4.79 Å². The normalized spacial score (nSPS) is 14.2. The van der Waals surface area contributed by atoms with Crippen molar-refractivity contribution in [3.05, 3.63) is 12.2 Å². The first-order chi connectivity index (χ1) is 7.56. The van der Waals surface area contributed by atoms with Gasteiger partial charge in [0.2, 0.25) is 0 Å². The molecule has 0 saturated carbocycles. The van der Waals surface area contributed by atoms with Gasteiger partial charge < -0.3 is 9.59 Å². The van der Waals surface area contributed by atoms with Crippen molar-refractivity contribution in [3.63, 3.8) is 0 Å². The summed E-state index contributed by atoms with van der Waals surface area (Å²) in [4.78, 5) is 10.4. The number of aliphatic carboxylic acids is 1. The minimum Gasteiger partial charge on any atom is -0.478 e. The van der Waals surface area contributed by atoms with Gasteiger partial charge in [0, 0.05) is 12.5 Å². The molecule has 1 unspecified atom stereocenters. The number of hydrogen-bond acceptors (Lipinski definition) is 1. The van der Waals surface area contributed by atoms with Crippen LogP contribution in [0.4, 0.5) is 0 Å². The lowest BCUT2D eigenvalue weighted by atomic mass is 10.0. The van der Waals surface area contributed by atoms with Crippen LogP contribution >= 0.6 is 0 Å². The topological polar surface area (TPSA) is 37.3 Å². The first-order valence-corrected chi connectivity index (χ1v) is 6.31. The van der Waals surface area contributed by atoms with E-state index in [2.05, 4.69) is 27.7 Å². The molecule has 0 aliphatic rings. The maximum absolute atomic E-state index is 10.4.